The molecule has 4 aliphatic rings. The Morgan fingerprint density at radius 2 is 1.82 bits per heavy atom. The van der Waals surface area contributed by atoms with Crippen LogP contribution in [0.15, 0.2) is 0 Å². The fourth-order valence-electron chi connectivity index (χ4n) is 5.60. The Balaban J connectivity index is 1.76. The van der Waals surface area contributed by atoms with Gasteiger partial charge in [0.05, 0.1) is 24.7 Å². The van der Waals surface area contributed by atoms with Gasteiger partial charge in [-0.15, -0.1) is 0 Å². The number of ether oxygens (including phenoxy) is 3. The van der Waals surface area contributed by atoms with E-state index < -0.39 is 17.5 Å². The predicted molar refractivity (Wildman–Crippen MR) is 77.9 cm³/mol. The second-order valence-electron chi connectivity index (χ2n) is 8.42. The highest BCUT2D eigenvalue weighted by molar-refractivity contribution is 5.74. The maximum Gasteiger partial charge on any atom is 0.307 e. The molecule has 4 fully saturated rings. The van der Waals surface area contributed by atoms with E-state index >= 15 is 0 Å². The van der Waals surface area contributed by atoms with Crippen molar-refractivity contribution in [3.05, 3.63) is 0 Å². The molecule has 0 radical (unpaired) electrons. The Morgan fingerprint density at radius 3 is 2.55 bits per heavy atom. The molecule has 0 aromatic rings. The van der Waals surface area contributed by atoms with E-state index in [9.17, 15) is 9.90 Å². The van der Waals surface area contributed by atoms with Gasteiger partial charge in [0, 0.05) is 17.8 Å². The van der Waals surface area contributed by atoms with Gasteiger partial charge in [0.25, 0.3) is 0 Å². The average Bonchev–Trinajstić information content (AvgIpc) is 2.81. The van der Waals surface area contributed by atoms with Crippen LogP contribution in [0.2, 0.25) is 0 Å². The monoisotopic (exact) mass is 310 g/mol. The summed E-state index contributed by atoms with van der Waals surface area (Å²) in [6.45, 7) is 8.13. The third-order valence-electron chi connectivity index (χ3n) is 6.80. The zero-order valence-electron chi connectivity index (χ0n) is 13.8. The molecule has 7 atom stereocenters. The van der Waals surface area contributed by atoms with Crippen LogP contribution in [0, 0.1) is 17.3 Å². The summed E-state index contributed by atoms with van der Waals surface area (Å²) < 4.78 is 18.0. The summed E-state index contributed by atoms with van der Waals surface area (Å²) in [6.07, 6.45) is 1.98. The third kappa shape index (κ3) is 1.73. The maximum absolute atomic E-state index is 12.2. The Hall–Kier alpha value is -0.650. The van der Waals surface area contributed by atoms with E-state index in [1.165, 1.54) is 0 Å². The van der Waals surface area contributed by atoms with Gasteiger partial charge in [0.1, 0.15) is 5.60 Å². The molecule has 0 bridgehead atoms. The van der Waals surface area contributed by atoms with Crippen molar-refractivity contribution >= 4 is 5.97 Å². The summed E-state index contributed by atoms with van der Waals surface area (Å²) in [5.74, 6) is -0.546. The normalized spacial score (nSPS) is 56.0. The SMILES string of the molecule is C[C@@H]1C[C@@H](O)[C@H]2C[C@@H]3OC(C)(C)O[C@@H]3C[C@@]23OC(=O)C[C@@]13C. The van der Waals surface area contributed by atoms with Crippen LogP contribution < -0.4 is 0 Å². The van der Waals surface area contributed by atoms with Crippen molar-refractivity contribution in [3.63, 3.8) is 0 Å². The van der Waals surface area contributed by atoms with Crippen LogP contribution in [-0.4, -0.2) is 40.8 Å². The van der Waals surface area contributed by atoms with Crippen molar-refractivity contribution < 1.29 is 24.1 Å². The summed E-state index contributed by atoms with van der Waals surface area (Å²) in [7, 11) is 0. The van der Waals surface area contributed by atoms with Crippen molar-refractivity contribution in [3.8, 4) is 0 Å². The van der Waals surface area contributed by atoms with Crippen LogP contribution in [0.5, 0.6) is 0 Å². The molecule has 1 N–H and O–H groups in total. The highest BCUT2D eigenvalue weighted by Gasteiger charge is 2.71. The number of aliphatic hydroxyl groups excluding tert-OH is 1. The van der Waals surface area contributed by atoms with E-state index in [0.29, 0.717) is 19.3 Å². The third-order valence-corrected chi connectivity index (χ3v) is 6.80. The first-order valence-corrected chi connectivity index (χ1v) is 8.42. The molecule has 0 aromatic carbocycles. The van der Waals surface area contributed by atoms with Crippen LogP contribution in [0.1, 0.15) is 53.4 Å². The Kier molecular flexibility index (Phi) is 2.88. The van der Waals surface area contributed by atoms with Crippen LogP contribution in [0.3, 0.4) is 0 Å². The van der Waals surface area contributed by atoms with Gasteiger partial charge >= 0.3 is 5.97 Å². The Bertz CT molecular complexity index is 517. The zero-order valence-corrected chi connectivity index (χ0v) is 13.8. The van der Waals surface area contributed by atoms with Crippen molar-refractivity contribution in [1.29, 1.82) is 0 Å². The minimum atomic E-state index is -0.605. The molecule has 5 nitrogen and oxygen atoms in total. The fourth-order valence-corrected chi connectivity index (χ4v) is 5.60. The number of fused-ring (bicyclic) bond motifs is 1. The fraction of sp³-hybridized carbons (Fsp3) is 0.941. The zero-order chi connectivity index (χ0) is 15.9. The molecule has 22 heavy (non-hydrogen) atoms. The lowest BCUT2D eigenvalue weighted by atomic mass is 9.50. The van der Waals surface area contributed by atoms with Crippen LogP contribution in [-0.2, 0) is 19.0 Å². The van der Waals surface area contributed by atoms with E-state index in [4.69, 9.17) is 14.2 Å². The second kappa shape index (κ2) is 4.25. The first-order valence-electron chi connectivity index (χ1n) is 8.42. The molecular formula is C17H26O5. The van der Waals surface area contributed by atoms with Crippen molar-refractivity contribution in [1.82, 2.24) is 0 Å². The summed E-state index contributed by atoms with van der Waals surface area (Å²) >= 11 is 0. The highest BCUT2D eigenvalue weighted by atomic mass is 16.8. The van der Waals surface area contributed by atoms with Gasteiger partial charge in [0.15, 0.2) is 5.79 Å². The molecule has 2 aliphatic carbocycles. The predicted octanol–water partition coefficient (Wildman–Crippen LogP) is 2.01. The second-order valence-corrected chi connectivity index (χ2v) is 8.42. The molecular weight excluding hydrogens is 284 g/mol. The number of carbonyl (C=O) groups is 1. The molecule has 124 valence electrons. The van der Waals surface area contributed by atoms with Gasteiger partial charge in [-0.05, 0) is 32.6 Å². The van der Waals surface area contributed by atoms with Crippen LogP contribution >= 0.6 is 0 Å². The first-order chi connectivity index (χ1) is 10.2. The number of hydrogen-bond acceptors (Lipinski definition) is 5. The largest absolute Gasteiger partial charge is 0.458 e. The van der Waals surface area contributed by atoms with Gasteiger partial charge < -0.3 is 19.3 Å². The minimum absolute atomic E-state index is 0.0165. The average molecular weight is 310 g/mol. The molecule has 0 aromatic heterocycles. The van der Waals surface area contributed by atoms with Gasteiger partial charge in [-0.3, -0.25) is 4.79 Å². The van der Waals surface area contributed by atoms with Gasteiger partial charge in [-0.25, -0.2) is 0 Å². The molecule has 5 heteroatoms. The van der Waals surface area contributed by atoms with Gasteiger partial charge in [-0.2, -0.15) is 0 Å². The first kappa shape index (κ1) is 14.9. The standard InChI is InChI=1S/C17H26O5/c1-9-5-11(18)10-6-12-13(21-15(2,3)20-12)7-17(10)16(9,4)8-14(19)22-17/h9-13,18H,5-8H2,1-4H3/t9-,10-,11-,12+,13-,16+,17-/m1/s1. The van der Waals surface area contributed by atoms with Crippen molar-refractivity contribution in [2.75, 3.05) is 0 Å². The van der Waals surface area contributed by atoms with E-state index in [0.717, 1.165) is 6.42 Å². The van der Waals surface area contributed by atoms with E-state index in [-0.39, 0.29) is 35.4 Å². The number of hydrogen-bond donors (Lipinski definition) is 1. The minimum Gasteiger partial charge on any atom is -0.458 e. The van der Waals surface area contributed by atoms with Crippen molar-refractivity contribution in [2.24, 2.45) is 17.3 Å². The summed E-state index contributed by atoms with van der Waals surface area (Å²) in [5, 5.41) is 10.7. The van der Waals surface area contributed by atoms with Crippen molar-refractivity contribution in [2.45, 2.75) is 83.1 Å². The molecule has 2 aliphatic heterocycles. The Labute approximate surface area is 131 Å². The van der Waals surface area contributed by atoms with E-state index in [2.05, 4.69) is 13.8 Å². The maximum atomic E-state index is 12.2. The lowest BCUT2D eigenvalue weighted by molar-refractivity contribution is -0.221. The lowest BCUT2D eigenvalue weighted by Gasteiger charge is -2.58. The quantitative estimate of drug-likeness (QED) is 0.693. The summed E-state index contributed by atoms with van der Waals surface area (Å²) in [4.78, 5) is 12.2. The van der Waals surface area contributed by atoms with E-state index in [1.54, 1.807) is 0 Å². The van der Waals surface area contributed by atoms with Crippen LogP contribution in [0.25, 0.3) is 0 Å². The number of esters is 1. The molecule has 2 saturated carbocycles. The number of rotatable bonds is 0. The molecule has 2 heterocycles. The lowest BCUT2D eigenvalue weighted by Crippen LogP contribution is -2.65. The smallest absolute Gasteiger partial charge is 0.307 e. The van der Waals surface area contributed by atoms with Gasteiger partial charge in [0.2, 0.25) is 0 Å². The Morgan fingerprint density at radius 1 is 1.14 bits per heavy atom. The summed E-state index contributed by atoms with van der Waals surface area (Å²) in [6, 6.07) is 0. The number of carbonyl (C=O) groups excluding carboxylic acids is 1. The topological polar surface area (TPSA) is 65.0 Å². The molecule has 2 saturated heterocycles. The molecule has 0 unspecified atom stereocenters. The number of aliphatic hydroxyl groups is 1. The van der Waals surface area contributed by atoms with Gasteiger partial charge in [-0.1, -0.05) is 13.8 Å². The molecule has 1 spiro atoms. The van der Waals surface area contributed by atoms with Crippen LogP contribution in [0.4, 0.5) is 0 Å². The summed E-state index contributed by atoms with van der Waals surface area (Å²) in [5.41, 5.74) is -0.832. The molecule has 4 rings (SSSR count). The highest BCUT2D eigenvalue weighted by Crippen LogP contribution is 2.64. The molecule has 0 amide bonds. The van der Waals surface area contributed by atoms with E-state index in [1.807, 2.05) is 13.8 Å².